The fourth-order valence-electron chi connectivity index (χ4n) is 9.45. The molecule has 9 nitrogen and oxygen atoms in total. The number of anilines is 1. The number of halogens is 1. The number of rotatable bonds is 10. The van der Waals surface area contributed by atoms with Crippen molar-refractivity contribution >= 4 is 22.8 Å². The quantitative estimate of drug-likeness (QED) is 0.132. The van der Waals surface area contributed by atoms with Crippen LogP contribution in [-0.2, 0) is 10.3 Å². The number of aliphatic carboxylic acids is 1. The highest BCUT2D eigenvalue weighted by Crippen LogP contribution is 2.47. The van der Waals surface area contributed by atoms with Gasteiger partial charge in [-0.25, -0.2) is 24.0 Å². The monoisotopic (exact) mass is 766 g/mol. The number of furan rings is 1. The third-order valence-corrected chi connectivity index (χ3v) is 12.1. The molecule has 0 radical (unpaired) electrons. The van der Waals surface area contributed by atoms with Crippen molar-refractivity contribution in [2.45, 2.75) is 37.3 Å². The second-order valence-electron chi connectivity index (χ2n) is 15.3. The number of nitrogens with zero attached hydrogens (tertiary/aromatic N) is 5. The van der Waals surface area contributed by atoms with Gasteiger partial charge in [0.15, 0.2) is 17.2 Å². The summed E-state index contributed by atoms with van der Waals surface area (Å²) < 4.78 is 23.8. The first kappa shape index (κ1) is 35.5. The molecule has 2 atom stereocenters. The Morgan fingerprint density at radius 3 is 1.90 bits per heavy atom. The topological polar surface area (TPSA) is 119 Å². The van der Waals surface area contributed by atoms with Crippen molar-refractivity contribution in [3.63, 3.8) is 0 Å². The molecular weight excluding hydrogens is 728 g/mol. The molecule has 3 fully saturated rings. The maximum Gasteiger partial charge on any atom is 0.308 e. The molecule has 3 aliphatic rings. The normalized spacial score (nSPS) is 19.0. The third-order valence-electron chi connectivity index (χ3n) is 12.1. The van der Waals surface area contributed by atoms with Crippen LogP contribution in [0.3, 0.4) is 0 Å². The van der Waals surface area contributed by atoms with E-state index < -0.39 is 23.2 Å². The summed E-state index contributed by atoms with van der Waals surface area (Å²) >= 11 is 0. The number of benzene rings is 4. The Labute approximate surface area is 334 Å². The molecule has 4 heterocycles. The number of fused-ring (bicyclic) bond motifs is 4. The second kappa shape index (κ2) is 14.5. The number of pyridine rings is 1. The molecule has 286 valence electrons. The Bertz CT molecular complexity index is 2630. The third kappa shape index (κ3) is 6.03. The highest BCUT2D eigenvalue weighted by Gasteiger charge is 2.48. The summed E-state index contributed by atoms with van der Waals surface area (Å²) in [5, 5.41) is 19.8. The van der Waals surface area contributed by atoms with E-state index in [4.69, 9.17) is 24.5 Å². The molecule has 0 spiro atoms. The van der Waals surface area contributed by atoms with Gasteiger partial charge < -0.3 is 14.8 Å². The van der Waals surface area contributed by atoms with Crippen LogP contribution in [0.1, 0.15) is 42.4 Å². The van der Waals surface area contributed by atoms with Crippen LogP contribution in [0.15, 0.2) is 156 Å². The van der Waals surface area contributed by atoms with E-state index in [9.17, 15) is 9.90 Å². The van der Waals surface area contributed by atoms with Crippen LogP contribution in [0.2, 0.25) is 0 Å². The molecule has 0 aliphatic heterocycles. The first-order chi connectivity index (χ1) is 28.5. The Morgan fingerprint density at radius 2 is 1.29 bits per heavy atom. The minimum absolute atomic E-state index is 0.0926. The van der Waals surface area contributed by atoms with E-state index in [0.717, 1.165) is 47.9 Å². The van der Waals surface area contributed by atoms with E-state index in [-0.39, 0.29) is 23.7 Å². The molecule has 11 rings (SSSR count). The number of carboxylic acids is 1. The molecule has 2 unspecified atom stereocenters. The highest BCUT2D eigenvalue weighted by molar-refractivity contribution is 5.90. The van der Waals surface area contributed by atoms with Crippen molar-refractivity contribution < 1.29 is 18.7 Å². The van der Waals surface area contributed by atoms with Gasteiger partial charge in [0, 0.05) is 17.7 Å². The van der Waals surface area contributed by atoms with E-state index >= 15 is 4.39 Å². The van der Waals surface area contributed by atoms with Gasteiger partial charge in [-0.2, -0.15) is 5.10 Å². The number of aromatic nitrogens is 5. The predicted octanol–water partition coefficient (Wildman–Crippen LogP) is 10.1. The van der Waals surface area contributed by atoms with Crippen LogP contribution in [0.25, 0.3) is 45.3 Å². The molecule has 4 aromatic carbocycles. The zero-order chi connectivity index (χ0) is 39.2. The Balaban J connectivity index is 1.21. The molecule has 2 bridgehead atoms. The van der Waals surface area contributed by atoms with Gasteiger partial charge in [0.1, 0.15) is 34.3 Å². The number of carboxylic acid groups (broad SMARTS) is 1. The summed E-state index contributed by atoms with van der Waals surface area (Å²) in [5.74, 6) is 0.200. The van der Waals surface area contributed by atoms with Crippen LogP contribution in [0, 0.1) is 23.6 Å². The van der Waals surface area contributed by atoms with Crippen LogP contribution >= 0.6 is 0 Å². The summed E-state index contributed by atoms with van der Waals surface area (Å²) in [6, 6.07) is 46.8. The van der Waals surface area contributed by atoms with Crippen molar-refractivity contribution in [3.8, 4) is 34.3 Å². The second-order valence-corrected chi connectivity index (χ2v) is 15.3. The summed E-state index contributed by atoms with van der Waals surface area (Å²) in [7, 11) is 0. The largest absolute Gasteiger partial charge is 0.481 e. The van der Waals surface area contributed by atoms with E-state index in [1.807, 2.05) is 102 Å². The summed E-state index contributed by atoms with van der Waals surface area (Å²) in [5.41, 5.74) is 3.81. The molecule has 0 saturated heterocycles. The highest BCUT2D eigenvalue weighted by atomic mass is 19.1. The Morgan fingerprint density at radius 1 is 0.724 bits per heavy atom. The molecule has 2 N–H and O–H groups in total. The van der Waals surface area contributed by atoms with E-state index in [1.54, 1.807) is 6.07 Å². The van der Waals surface area contributed by atoms with Crippen molar-refractivity contribution in [2.24, 2.45) is 17.8 Å². The molecule has 58 heavy (non-hydrogen) atoms. The van der Waals surface area contributed by atoms with E-state index in [1.165, 1.54) is 12.3 Å². The lowest BCUT2D eigenvalue weighted by Crippen LogP contribution is -2.51. The molecule has 8 aromatic rings. The average Bonchev–Trinajstić information content (AvgIpc) is 3.92. The van der Waals surface area contributed by atoms with Crippen LogP contribution in [0.5, 0.6) is 0 Å². The summed E-state index contributed by atoms with van der Waals surface area (Å²) in [6.45, 7) is 0. The van der Waals surface area contributed by atoms with Crippen molar-refractivity contribution in [1.29, 1.82) is 0 Å². The number of hydrogen-bond acceptors (Lipinski definition) is 7. The van der Waals surface area contributed by atoms with Gasteiger partial charge in [-0.3, -0.25) is 4.79 Å². The molecular formula is C48H39FN6O3. The fraction of sp³-hybridized carbons (Fsp3) is 0.188. The lowest BCUT2D eigenvalue weighted by Gasteiger charge is -2.47. The SMILES string of the molecule is O=C(O)C1C2CCC(CC2)C1Nc1cc(-c2ccc(-c3ccccc3)o2)nc(-c2nn(C(c3ccccc3)(c3ccccc3)c3ccccc3)c3ncc(F)cc23)n1. The van der Waals surface area contributed by atoms with Gasteiger partial charge in [-0.1, -0.05) is 121 Å². The van der Waals surface area contributed by atoms with E-state index in [0.29, 0.717) is 39.8 Å². The van der Waals surface area contributed by atoms with Crippen LogP contribution in [-0.4, -0.2) is 41.9 Å². The standard InChI is InChI=1S/C48H39FN6O3/c49-36-27-37-44(54-55(46(37)50-29-36)48(33-15-7-2-8-16-33,34-17-9-3-10-18-34)35-19-11-4-12-20-35)45-51-38(40-26-25-39(58-40)30-13-5-1-6-14-30)28-41(53-45)52-43-32-23-21-31(22-24-32)42(43)47(56)57/h1-20,25-29,31-32,42-43H,21-24H2,(H,56,57)(H,51,52,53). The lowest BCUT2D eigenvalue weighted by atomic mass is 9.61. The predicted molar refractivity (Wildman–Crippen MR) is 220 cm³/mol. The minimum atomic E-state index is -1.06. The van der Waals surface area contributed by atoms with Gasteiger partial charge in [0.25, 0.3) is 0 Å². The molecule has 3 aliphatic carbocycles. The molecule has 0 amide bonds. The Kier molecular flexibility index (Phi) is 8.89. The van der Waals surface area contributed by atoms with Gasteiger partial charge in [-0.15, -0.1) is 0 Å². The number of hydrogen-bond donors (Lipinski definition) is 2. The Hall–Kier alpha value is -6.94. The van der Waals surface area contributed by atoms with Crippen LogP contribution < -0.4 is 5.32 Å². The van der Waals surface area contributed by atoms with Gasteiger partial charge in [0.2, 0.25) is 0 Å². The molecule has 4 aromatic heterocycles. The van der Waals surface area contributed by atoms with Gasteiger partial charge in [0.05, 0.1) is 17.5 Å². The summed E-state index contributed by atoms with van der Waals surface area (Å²) in [6.07, 6.45) is 4.93. The first-order valence-electron chi connectivity index (χ1n) is 19.7. The van der Waals surface area contributed by atoms with Crippen LogP contribution in [0.4, 0.5) is 10.2 Å². The minimum Gasteiger partial charge on any atom is -0.481 e. The van der Waals surface area contributed by atoms with E-state index in [2.05, 4.69) is 41.7 Å². The summed E-state index contributed by atoms with van der Waals surface area (Å²) in [4.78, 5) is 27.6. The number of nitrogens with one attached hydrogen (secondary N) is 1. The first-order valence-corrected chi connectivity index (χ1v) is 19.7. The fourth-order valence-corrected chi connectivity index (χ4v) is 9.45. The zero-order valence-electron chi connectivity index (χ0n) is 31.4. The van der Waals surface area contributed by atoms with Crippen molar-refractivity contribution in [3.05, 3.63) is 174 Å². The van der Waals surface area contributed by atoms with Crippen molar-refractivity contribution in [2.75, 3.05) is 5.32 Å². The van der Waals surface area contributed by atoms with Gasteiger partial charge in [-0.05, 0) is 72.4 Å². The molecule has 10 heteroatoms. The maximum absolute atomic E-state index is 15.5. The lowest BCUT2D eigenvalue weighted by molar-refractivity contribution is -0.148. The van der Waals surface area contributed by atoms with Crippen molar-refractivity contribution in [1.82, 2.24) is 24.7 Å². The smallest absolute Gasteiger partial charge is 0.308 e. The zero-order valence-corrected chi connectivity index (χ0v) is 31.4. The maximum atomic E-state index is 15.5. The molecule has 3 saturated carbocycles. The average molecular weight is 767 g/mol. The number of carbonyl (C=O) groups is 1. The van der Waals surface area contributed by atoms with Gasteiger partial charge >= 0.3 is 5.97 Å².